The Kier molecular flexibility index (Phi) is 5.56. The zero-order valence-electron chi connectivity index (χ0n) is 10.3. The number of carbonyl (C=O) groups excluding carboxylic acids is 1. The van der Waals surface area contributed by atoms with Crippen molar-refractivity contribution in [2.75, 3.05) is 18.4 Å². The number of carbonyl (C=O) groups is 1. The molecule has 0 aromatic heterocycles. The number of anilines is 1. The van der Waals surface area contributed by atoms with Crippen LogP contribution in [0, 0.1) is 18.7 Å². The fourth-order valence-corrected chi connectivity index (χ4v) is 2.05. The highest BCUT2D eigenvalue weighted by atomic mass is 35.5. The SMILES string of the molecule is Cc1cc(NC(=O)C2CCNCC2)ccc1F.Cl. The van der Waals surface area contributed by atoms with E-state index in [-0.39, 0.29) is 30.0 Å². The van der Waals surface area contributed by atoms with Gasteiger partial charge >= 0.3 is 0 Å². The number of hydrogen-bond donors (Lipinski definition) is 2. The molecular formula is C13H18ClFN2O. The van der Waals surface area contributed by atoms with Gasteiger partial charge in [0.2, 0.25) is 5.91 Å². The third kappa shape index (κ3) is 3.68. The van der Waals surface area contributed by atoms with Crippen molar-refractivity contribution in [3.8, 4) is 0 Å². The highest BCUT2D eigenvalue weighted by Crippen LogP contribution is 2.17. The summed E-state index contributed by atoms with van der Waals surface area (Å²) in [6.45, 7) is 3.47. The molecule has 1 aliphatic heterocycles. The minimum absolute atomic E-state index is 0. The van der Waals surface area contributed by atoms with Crippen molar-refractivity contribution in [3.05, 3.63) is 29.6 Å². The fraction of sp³-hybridized carbons (Fsp3) is 0.462. The van der Waals surface area contributed by atoms with Crippen LogP contribution in [0.4, 0.5) is 10.1 Å². The second kappa shape index (κ2) is 6.71. The molecule has 1 aromatic rings. The molecule has 1 fully saturated rings. The Morgan fingerprint density at radius 3 is 2.67 bits per heavy atom. The molecule has 0 bridgehead atoms. The quantitative estimate of drug-likeness (QED) is 0.869. The first-order valence-corrected chi connectivity index (χ1v) is 5.94. The van der Waals surface area contributed by atoms with Gasteiger partial charge in [-0.05, 0) is 56.6 Å². The van der Waals surface area contributed by atoms with Crippen LogP contribution in [-0.2, 0) is 4.79 Å². The summed E-state index contributed by atoms with van der Waals surface area (Å²) < 4.78 is 13.1. The van der Waals surface area contributed by atoms with Crippen molar-refractivity contribution in [1.82, 2.24) is 5.32 Å². The Morgan fingerprint density at radius 2 is 2.06 bits per heavy atom. The van der Waals surface area contributed by atoms with Crippen LogP contribution in [0.3, 0.4) is 0 Å². The van der Waals surface area contributed by atoms with Gasteiger partial charge in [-0.2, -0.15) is 0 Å². The lowest BCUT2D eigenvalue weighted by atomic mass is 9.97. The van der Waals surface area contributed by atoms with E-state index in [0.717, 1.165) is 25.9 Å². The first-order valence-electron chi connectivity index (χ1n) is 5.94. The van der Waals surface area contributed by atoms with E-state index >= 15 is 0 Å². The maximum Gasteiger partial charge on any atom is 0.227 e. The summed E-state index contributed by atoms with van der Waals surface area (Å²) >= 11 is 0. The summed E-state index contributed by atoms with van der Waals surface area (Å²) in [5.41, 5.74) is 1.22. The molecule has 0 atom stereocenters. The largest absolute Gasteiger partial charge is 0.326 e. The van der Waals surface area contributed by atoms with Crippen LogP contribution >= 0.6 is 12.4 Å². The number of halogens is 2. The number of piperidine rings is 1. The van der Waals surface area contributed by atoms with E-state index in [2.05, 4.69) is 10.6 Å². The summed E-state index contributed by atoms with van der Waals surface area (Å²) in [7, 11) is 0. The van der Waals surface area contributed by atoms with Gasteiger partial charge in [0.05, 0.1) is 0 Å². The first-order chi connectivity index (χ1) is 8.16. The number of hydrogen-bond acceptors (Lipinski definition) is 2. The van der Waals surface area contributed by atoms with Crippen LogP contribution in [0.15, 0.2) is 18.2 Å². The monoisotopic (exact) mass is 272 g/mol. The van der Waals surface area contributed by atoms with E-state index in [1.54, 1.807) is 19.1 Å². The molecule has 0 aliphatic carbocycles. The summed E-state index contributed by atoms with van der Waals surface area (Å²) in [5.74, 6) is -0.135. The van der Waals surface area contributed by atoms with E-state index < -0.39 is 0 Å². The number of aryl methyl sites for hydroxylation is 1. The maximum atomic E-state index is 13.1. The number of benzene rings is 1. The molecule has 1 aromatic carbocycles. The predicted molar refractivity (Wildman–Crippen MR) is 72.6 cm³/mol. The van der Waals surface area contributed by atoms with E-state index in [0.29, 0.717) is 11.3 Å². The van der Waals surface area contributed by atoms with Crippen molar-refractivity contribution in [1.29, 1.82) is 0 Å². The fourth-order valence-electron chi connectivity index (χ4n) is 2.05. The third-order valence-corrected chi connectivity index (χ3v) is 3.14. The van der Waals surface area contributed by atoms with Gasteiger partial charge in [-0.3, -0.25) is 4.79 Å². The molecule has 2 N–H and O–H groups in total. The molecule has 100 valence electrons. The molecule has 5 heteroatoms. The Bertz CT molecular complexity index is 419. The molecule has 1 aliphatic rings. The number of amides is 1. The molecule has 18 heavy (non-hydrogen) atoms. The van der Waals surface area contributed by atoms with Crippen molar-refractivity contribution in [2.24, 2.45) is 5.92 Å². The van der Waals surface area contributed by atoms with Gasteiger partial charge in [-0.25, -0.2) is 4.39 Å². The van der Waals surface area contributed by atoms with Crippen LogP contribution in [0.5, 0.6) is 0 Å². The van der Waals surface area contributed by atoms with Crippen LogP contribution in [0.25, 0.3) is 0 Å². The molecule has 1 heterocycles. The van der Waals surface area contributed by atoms with Gasteiger partial charge in [0.1, 0.15) is 5.82 Å². The maximum absolute atomic E-state index is 13.1. The molecule has 3 nitrogen and oxygen atoms in total. The average Bonchev–Trinajstić information content (AvgIpc) is 2.35. The Labute approximate surface area is 113 Å². The lowest BCUT2D eigenvalue weighted by Gasteiger charge is -2.21. The second-order valence-corrected chi connectivity index (χ2v) is 4.48. The molecule has 2 rings (SSSR count). The Hall–Kier alpha value is -1.13. The zero-order chi connectivity index (χ0) is 12.3. The normalized spacial score (nSPS) is 15.9. The van der Waals surface area contributed by atoms with Crippen LogP contribution in [0.1, 0.15) is 18.4 Å². The van der Waals surface area contributed by atoms with Crippen molar-refractivity contribution >= 4 is 24.0 Å². The standard InChI is InChI=1S/C13H17FN2O.ClH/c1-9-8-11(2-3-12(9)14)16-13(17)10-4-6-15-7-5-10;/h2-3,8,10,15H,4-7H2,1H3,(H,16,17);1H. The summed E-state index contributed by atoms with van der Waals surface area (Å²) in [6.07, 6.45) is 1.73. The van der Waals surface area contributed by atoms with Crippen molar-refractivity contribution in [3.63, 3.8) is 0 Å². The molecule has 0 spiro atoms. The number of rotatable bonds is 2. The third-order valence-electron chi connectivity index (χ3n) is 3.14. The van der Waals surface area contributed by atoms with Gasteiger partial charge in [-0.15, -0.1) is 12.4 Å². The average molecular weight is 273 g/mol. The van der Waals surface area contributed by atoms with Gasteiger partial charge < -0.3 is 10.6 Å². The Balaban J connectivity index is 0.00000162. The minimum Gasteiger partial charge on any atom is -0.326 e. The second-order valence-electron chi connectivity index (χ2n) is 4.48. The lowest BCUT2D eigenvalue weighted by molar-refractivity contribution is -0.120. The summed E-state index contributed by atoms with van der Waals surface area (Å²) in [4.78, 5) is 11.9. The van der Waals surface area contributed by atoms with E-state index in [1.807, 2.05) is 0 Å². The van der Waals surface area contributed by atoms with E-state index in [1.165, 1.54) is 6.07 Å². The number of nitrogens with one attached hydrogen (secondary N) is 2. The summed E-state index contributed by atoms with van der Waals surface area (Å²) in [6, 6.07) is 4.64. The zero-order valence-corrected chi connectivity index (χ0v) is 11.1. The molecule has 0 saturated carbocycles. The molecular weight excluding hydrogens is 255 g/mol. The smallest absolute Gasteiger partial charge is 0.227 e. The van der Waals surface area contributed by atoms with Gasteiger partial charge in [-0.1, -0.05) is 0 Å². The lowest BCUT2D eigenvalue weighted by Crippen LogP contribution is -2.34. The summed E-state index contributed by atoms with van der Waals surface area (Å²) in [5, 5.41) is 6.07. The molecule has 1 saturated heterocycles. The highest BCUT2D eigenvalue weighted by molar-refractivity contribution is 5.92. The highest BCUT2D eigenvalue weighted by Gasteiger charge is 2.20. The Morgan fingerprint density at radius 1 is 1.39 bits per heavy atom. The van der Waals surface area contributed by atoms with Crippen molar-refractivity contribution in [2.45, 2.75) is 19.8 Å². The molecule has 0 radical (unpaired) electrons. The van der Waals surface area contributed by atoms with E-state index in [9.17, 15) is 9.18 Å². The van der Waals surface area contributed by atoms with Crippen molar-refractivity contribution < 1.29 is 9.18 Å². The van der Waals surface area contributed by atoms with Crippen LogP contribution < -0.4 is 10.6 Å². The van der Waals surface area contributed by atoms with E-state index in [4.69, 9.17) is 0 Å². The first kappa shape index (κ1) is 14.9. The minimum atomic E-state index is -0.245. The predicted octanol–water partition coefficient (Wildman–Crippen LogP) is 2.49. The van der Waals surface area contributed by atoms with Crippen LogP contribution in [0.2, 0.25) is 0 Å². The van der Waals surface area contributed by atoms with Gasteiger partial charge in [0.25, 0.3) is 0 Å². The van der Waals surface area contributed by atoms with Crippen LogP contribution in [-0.4, -0.2) is 19.0 Å². The molecule has 1 amide bonds. The topological polar surface area (TPSA) is 41.1 Å². The van der Waals surface area contributed by atoms with Gasteiger partial charge in [0.15, 0.2) is 0 Å². The van der Waals surface area contributed by atoms with Gasteiger partial charge in [0, 0.05) is 11.6 Å². The molecule has 0 unspecified atom stereocenters.